The normalized spacial score (nSPS) is 23.2. The maximum Gasteiger partial charge on any atom is 0.237 e. The molecule has 0 radical (unpaired) electrons. The van der Waals surface area contributed by atoms with Crippen molar-refractivity contribution < 1.29 is 9.53 Å². The van der Waals surface area contributed by atoms with E-state index in [2.05, 4.69) is 44.5 Å². The second-order valence-corrected chi connectivity index (χ2v) is 10.6. The van der Waals surface area contributed by atoms with Crippen LogP contribution in [0.3, 0.4) is 0 Å². The molecule has 2 aliphatic heterocycles. The van der Waals surface area contributed by atoms with Crippen LogP contribution in [-0.4, -0.2) is 86.8 Å². The van der Waals surface area contributed by atoms with Crippen LogP contribution in [0.1, 0.15) is 45.2 Å². The smallest absolute Gasteiger partial charge is 0.237 e. The van der Waals surface area contributed by atoms with Crippen LogP contribution in [-0.2, 0) is 9.53 Å². The van der Waals surface area contributed by atoms with Crippen molar-refractivity contribution in [2.45, 2.75) is 64.6 Å². The fourth-order valence-electron chi connectivity index (χ4n) is 5.36. The quantitative estimate of drug-likeness (QED) is 0.418. The van der Waals surface area contributed by atoms with Gasteiger partial charge in [-0.25, -0.2) is 4.98 Å². The van der Waals surface area contributed by atoms with E-state index in [1.807, 2.05) is 24.4 Å². The molecule has 0 aliphatic carbocycles. The summed E-state index contributed by atoms with van der Waals surface area (Å²) in [5, 5.41) is 16.2. The summed E-state index contributed by atoms with van der Waals surface area (Å²) in [6.07, 6.45) is 3.63. The number of hydrogen-bond donors (Lipinski definition) is 3. The number of morpholine rings is 1. The van der Waals surface area contributed by atoms with Crippen LogP contribution in [0.15, 0.2) is 17.5 Å². The summed E-state index contributed by atoms with van der Waals surface area (Å²) in [5.74, 6) is 2.33. The summed E-state index contributed by atoms with van der Waals surface area (Å²) >= 11 is 1.61. The number of hydrogen-bond acceptors (Lipinski definition) is 9. The number of carbonyl (C=O) groups is 1. The number of piperidine rings is 1. The van der Waals surface area contributed by atoms with Gasteiger partial charge in [-0.1, -0.05) is 13.8 Å². The van der Waals surface area contributed by atoms with Crippen molar-refractivity contribution in [1.29, 1.82) is 0 Å². The van der Waals surface area contributed by atoms with Gasteiger partial charge in [0.15, 0.2) is 11.6 Å². The number of anilines is 3. The third-order valence-electron chi connectivity index (χ3n) is 7.18. The molecule has 0 aromatic carbocycles. The number of fused-ring (bicyclic) bond motifs is 1. The van der Waals surface area contributed by atoms with Crippen LogP contribution < -0.4 is 10.6 Å². The Balaban J connectivity index is 1.31. The molecule has 2 fully saturated rings. The lowest BCUT2D eigenvalue weighted by Crippen LogP contribution is -2.57. The molecule has 11 heteroatoms. The fraction of sp³-hybridized carbons (Fsp3) is 0.600. The van der Waals surface area contributed by atoms with Crippen LogP contribution in [0.5, 0.6) is 0 Å². The first-order chi connectivity index (χ1) is 17.5. The van der Waals surface area contributed by atoms with Gasteiger partial charge in [-0.2, -0.15) is 10.1 Å². The highest BCUT2D eigenvalue weighted by Crippen LogP contribution is 2.32. The summed E-state index contributed by atoms with van der Waals surface area (Å²) in [4.78, 5) is 27.4. The summed E-state index contributed by atoms with van der Waals surface area (Å²) in [6.45, 7) is 9.87. The van der Waals surface area contributed by atoms with Gasteiger partial charge < -0.3 is 20.3 Å². The number of aromatic amines is 1. The number of carbonyl (C=O) groups excluding carboxylic acids is 1. The Bertz CT molecular complexity index is 1160. The van der Waals surface area contributed by atoms with Crippen molar-refractivity contribution in [3.63, 3.8) is 0 Å². The van der Waals surface area contributed by atoms with E-state index in [1.54, 1.807) is 11.3 Å². The van der Waals surface area contributed by atoms with Crippen molar-refractivity contribution in [2.75, 3.05) is 43.5 Å². The minimum Gasteiger partial charge on any atom is -0.379 e. The van der Waals surface area contributed by atoms with E-state index in [9.17, 15) is 4.79 Å². The topological polar surface area (TPSA) is 111 Å². The van der Waals surface area contributed by atoms with Crippen molar-refractivity contribution in [1.82, 2.24) is 30.0 Å². The zero-order chi connectivity index (χ0) is 25.1. The molecule has 194 valence electrons. The minimum atomic E-state index is 0.198. The van der Waals surface area contributed by atoms with Gasteiger partial charge in [-0.3, -0.25) is 14.8 Å². The van der Waals surface area contributed by atoms with Gasteiger partial charge in [-0.15, -0.1) is 11.3 Å². The van der Waals surface area contributed by atoms with Gasteiger partial charge in [0.25, 0.3) is 0 Å². The second-order valence-electron chi connectivity index (χ2n) is 9.72. The van der Waals surface area contributed by atoms with E-state index in [-0.39, 0.29) is 24.0 Å². The first-order valence-corrected chi connectivity index (χ1v) is 13.8. The lowest BCUT2D eigenvalue weighted by Gasteiger charge is -2.46. The van der Waals surface area contributed by atoms with Gasteiger partial charge in [0.1, 0.15) is 0 Å². The molecule has 2 unspecified atom stereocenters. The van der Waals surface area contributed by atoms with Crippen LogP contribution in [0.2, 0.25) is 0 Å². The van der Waals surface area contributed by atoms with E-state index >= 15 is 0 Å². The third kappa shape index (κ3) is 5.47. The Hall–Kier alpha value is -2.76. The first kappa shape index (κ1) is 24.9. The van der Waals surface area contributed by atoms with E-state index < -0.39 is 0 Å². The zero-order valence-corrected chi connectivity index (χ0v) is 22.1. The van der Waals surface area contributed by atoms with Crippen molar-refractivity contribution >= 4 is 45.0 Å². The molecule has 3 aromatic heterocycles. The Morgan fingerprint density at radius 2 is 1.94 bits per heavy atom. The highest BCUT2D eigenvalue weighted by molar-refractivity contribution is 7.17. The Kier molecular flexibility index (Phi) is 7.68. The molecule has 3 aromatic rings. The third-order valence-corrected chi connectivity index (χ3v) is 8.09. The van der Waals surface area contributed by atoms with Crippen LogP contribution in [0.4, 0.5) is 17.6 Å². The monoisotopic (exact) mass is 512 g/mol. The number of amides is 1. The molecule has 5 rings (SSSR count). The molecule has 2 aliphatic rings. The first-order valence-electron chi connectivity index (χ1n) is 13.0. The maximum atomic E-state index is 13.4. The van der Waals surface area contributed by atoms with Gasteiger partial charge >= 0.3 is 0 Å². The van der Waals surface area contributed by atoms with Gasteiger partial charge in [0.05, 0.1) is 30.0 Å². The number of likely N-dealkylation sites (tertiary alicyclic amines) is 1. The van der Waals surface area contributed by atoms with Crippen molar-refractivity contribution in [2.24, 2.45) is 0 Å². The minimum absolute atomic E-state index is 0.198. The Labute approximate surface area is 215 Å². The van der Waals surface area contributed by atoms with Crippen molar-refractivity contribution in [3.8, 4) is 0 Å². The Morgan fingerprint density at radius 1 is 1.19 bits per heavy atom. The number of aromatic nitrogens is 4. The average Bonchev–Trinajstić information content (AvgIpc) is 3.52. The molecule has 2 atom stereocenters. The molecular formula is C25H36N8O2S. The number of rotatable bonds is 8. The number of H-pyrrole nitrogens is 1. The fourth-order valence-corrected chi connectivity index (χ4v) is 6.14. The number of thiophene rings is 1. The zero-order valence-electron chi connectivity index (χ0n) is 21.3. The standard InChI is InChI=1S/C25H36N8O2S/c1-4-18-13-17(14-19(5-2)33(18)22(34)15-32-7-9-35-10-8-32)26-25-27-20-6-11-36-23(20)24(29-25)28-21-12-16(3)30-31-21/h6,11-12,17-19H,4-5,7-10,13-15H2,1-3H3,(H3,26,27,28,29,30,31). The molecule has 5 heterocycles. The summed E-state index contributed by atoms with van der Waals surface area (Å²) in [6, 6.07) is 4.57. The van der Waals surface area contributed by atoms with E-state index in [0.29, 0.717) is 25.7 Å². The van der Waals surface area contributed by atoms with E-state index in [0.717, 1.165) is 66.3 Å². The average molecular weight is 513 g/mol. The summed E-state index contributed by atoms with van der Waals surface area (Å²) in [5.41, 5.74) is 1.89. The summed E-state index contributed by atoms with van der Waals surface area (Å²) < 4.78 is 6.45. The van der Waals surface area contributed by atoms with Crippen LogP contribution >= 0.6 is 11.3 Å². The number of nitrogens with zero attached hydrogens (tertiary/aromatic N) is 5. The highest BCUT2D eigenvalue weighted by atomic mass is 32.1. The maximum absolute atomic E-state index is 13.4. The number of ether oxygens (including phenoxy) is 1. The lowest BCUT2D eigenvalue weighted by atomic mass is 9.88. The SMILES string of the molecule is CCC1CC(Nc2nc(Nc3cc(C)[nH]n3)c3sccc3n2)CC(CC)N1C(=O)CN1CCOCC1. The Morgan fingerprint density at radius 3 is 2.61 bits per heavy atom. The molecule has 0 bridgehead atoms. The van der Waals surface area contributed by atoms with Gasteiger partial charge in [0, 0.05) is 43.0 Å². The van der Waals surface area contributed by atoms with E-state index in [4.69, 9.17) is 14.7 Å². The van der Waals surface area contributed by atoms with Crippen LogP contribution in [0.25, 0.3) is 10.2 Å². The molecule has 2 saturated heterocycles. The lowest BCUT2D eigenvalue weighted by molar-refractivity contribution is -0.141. The molecular weight excluding hydrogens is 476 g/mol. The number of aryl methyl sites for hydroxylation is 1. The van der Waals surface area contributed by atoms with E-state index in [1.165, 1.54) is 0 Å². The summed E-state index contributed by atoms with van der Waals surface area (Å²) in [7, 11) is 0. The van der Waals surface area contributed by atoms with Gasteiger partial charge in [0.2, 0.25) is 11.9 Å². The predicted octanol–water partition coefficient (Wildman–Crippen LogP) is 3.76. The van der Waals surface area contributed by atoms with Gasteiger partial charge in [-0.05, 0) is 44.1 Å². The molecule has 36 heavy (non-hydrogen) atoms. The van der Waals surface area contributed by atoms with Crippen molar-refractivity contribution in [3.05, 3.63) is 23.2 Å². The molecule has 0 spiro atoms. The highest BCUT2D eigenvalue weighted by Gasteiger charge is 2.37. The second kappa shape index (κ2) is 11.1. The largest absolute Gasteiger partial charge is 0.379 e. The predicted molar refractivity (Wildman–Crippen MR) is 143 cm³/mol. The molecule has 0 saturated carbocycles. The molecule has 1 amide bonds. The molecule has 10 nitrogen and oxygen atoms in total. The van der Waals surface area contributed by atoms with Crippen LogP contribution in [0, 0.1) is 6.92 Å². The number of nitrogens with one attached hydrogen (secondary N) is 3. The molecule has 3 N–H and O–H groups in total.